The molecule has 3 heterocycles. The first-order chi connectivity index (χ1) is 12.5. The summed E-state index contributed by atoms with van der Waals surface area (Å²) in [4.78, 5) is 12.0. The molecule has 0 spiro atoms. The number of hydrogen-bond donors (Lipinski definition) is 1. The molecule has 0 saturated heterocycles. The summed E-state index contributed by atoms with van der Waals surface area (Å²) in [6, 6.07) is 2.24. The highest BCUT2D eigenvalue weighted by Gasteiger charge is 2.32. The molecule has 0 bridgehead atoms. The van der Waals surface area contributed by atoms with Crippen LogP contribution in [-0.2, 0) is 23.1 Å². The number of halogens is 4. The molecule has 7 nitrogen and oxygen atoms in total. The molecular weight excluding hydrogens is 498 g/mol. The SMILES string of the molecule is CCS(=O)(=O)c1cc(I)c(N)nc1-c1nc2cc(C(F)(F)F)cnc2n1C. The highest BCUT2D eigenvalue weighted by Crippen LogP contribution is 2.33. The molecule has 0 aliphatic carbocycles. The van der Waals surface area contributed by atoms with Crippen LogP contribution in [-0.4, -0.2) is 33.7 Å². The number of imidazole rings is 1. The van der Waals surface area contributed by atoms with Crippen molar-refractivity contribution in [1.29, 1.82) is 0 Å². The van der Waals surface area contributed by atoms with Crippen molar-refractivity contribution in [2.45, 2.75) is 18.0 Å². The molecule has 2 N–H and O–H groups in total. The van der Waals surface area contributed by atoms with E-state index in [0.717, 1.165) is 6.07 Å². The molecule has 0 unspecified atom stereocenters. The number of aryl methyl sites for hydroxylation is 1. The normalized spacial score (nSPS) is 12.7. The van der Waals surface area contributed by atoms with Gasteiger partial charge in [0.15, 0.2) is 21.3 Å². The standard InChI is InChI=1S/C15H13F3IN5O2S/c1-3-27(25,26)10-5-8(19)12(20)23-11(10)14-22-9-4-7(15(16,17)18)6-21-13(9)24(14)2/h4-6H,3H2,1-2H3,(H2,20,23). The van der Waals surface area contributed by atoms with E-state index in [0.29, 0.717) is 9.77 Å². The van der Waals surface area contributed by atoms with Crippen molar-refractivity contribution in [1.82, 2.24) is 19.5 Å². The number of nitrogens with two attached hydrogens (primary N) is 1. The molecule has 3 rings (SSSR count). The monoisotopic (exact) mass is 511 g/mol. The summed E-state index contributed by atoms with van der Waals surface area (Å²) in [6.07, 6.45) is -3.87. The number of pyridine rings is 2. The van der Waals surface area contributed by atoms with E-state index in [1.807, 2.05) is 22.6 Å². The first kappa shape index (κ1) is 19.8. The summed E-state index contributed by atoms with van der Waals surface area (Å²) in [7, 11) is -2.16. The minimum atomic E-state index is -4.57. The number of fused-ring (bicyclic) bond motifs is 1. The highest BCUT2D eigenvalue weighted by molar-refractivity contribution is 14.1. The average molecular weight is 511 g/mol. The molecule has 0 aromatic carbocycles. The molecule has 0 radical (unpaired) electrons. The third-order valence-electron chi connectivity index (χ3n) is 3.93. The number of alkyl halides is 3. The van der Waals surface area contributed by atoms with Gasteiger partial charge in [0.05, 0.1) is 19.8 Å². The van der Waals surface area contributed by atoms with Gasteiger partial charge in [-0.2, -0.15) is 13.2 Å². The fourth-order valence-electron chi connectivity index (χ4n) is 2.48. The van der Waals surface area contributed by atoms with Crippen molar-refractivity contribution >= 4 is 49.4 Å². The molecule has 0 fully saturated rings. The van der Waals surface area contributed by atoms with Crippen molar-refractivity contribution in [3.63, 3.8) is 0 Å². The molecule has 0 atom stereocenters. The molecule has 3 aromatic heterocycles. The minimum absolute atomic E-state index is 0.0242. The number of rotatable bonds is 3. The van der Waals surface area contributed by atoms with Gasteiger partial charge >= 0.3 is 6.18 Å². The highest BCUT2D eigenvalue weighted by atomic mass is 127. The third kappa shape index (κ3) is 3.47. The Bertz CT molecular complexity index is 1160. The van der Waals surface area contributed by atoms with Gasteiger partial charge in [-0.25, -0.2) is 23.4 Å². The lowest BCUT2D eigenvalue weighted by molar-refractivity contribution is -0.137. The molecule has 27 heavy (non-hydrogen) atoms. The van der Waals surface area contributed by atoms with Gasteiger partial charge in [-0.3, -0.25) is 0 Å². The Morgan fingerprint density at radius 3 is 2.52 bits per heavy atom. The largest absolute Gasteiger partial charge is 0.417 e. The lowest BCUT2D eigenvalue weighted by atomic mass is 10.2. The Kier molecular flexibility index (Phi) is 4.82. The second-order valence-electron chi connectivity index (χ2n) is 5.66. The maximum atomic E-state index is 12.9. The second-order valence-corrected chi connectivity index (χ2v) is 9.07. The van der Waals surface area contributed by atoms with Crippen LogP contribution in [0.2, 0.25) is 0 Å². The number of hydrogen-bond acceptors (Lipinski definition) is 6. The topological polar surface area (TPSA) is 104 Å². The van der Waals surface area contributed by atoms with Crippen LogP contribution in [0.1, 0.15) is 12.5 Å². The van der Waals surface area contributed by atoms with Gasteiger partial charge in [-0.05, 0) is 34.7 Å². The molecular formula is C15H13F3IN5O2S. The zero-order chi connectivity index (χ0) is 20.1. The van der Waals surface area contributed by atoms with E-state index < -0.39 is 21.6 Å². The predicted octanol–water partition coefficient (Wildman–Crippen LogP) is 3.03. The van der Waals surface area contributed by atoms with Crippen molar-refractivity contribution < 1.29 is 21.6 Å². The quantitative estimate of drug-likeness (QED) is 0.543. The summed E-state index contributed by atoms with van der Waals surface area (Å²) < 4.78 is 65.6. The summed E-state index contributed by atoms with van der Waals surface area (Å²) in [6.45, 7) is 1.48. The first-order valence-electron chi connectivity index (χ1n) is 7.54. The Morgan fingerprint density at radius 1 is 1.26 bits per heavy atom. The van der Waals surface area contributed by atoms with E-state index in [-0.39, 0.29) is 39.1 Å². The molecule has 12 heteroatoms. The number of nitrogens with zero attached hydrogens (tertiary/aromatic N) is 4. The Morgan fingerprint density at radius 2 is 1.93 bits per heavy atom. The first-order valence-corrected chi connectivity index (χ1v) is 10.3. The summed E-state index contributed by atoms with van der Waals surface area (Å²) >= 11 is 1.86. The number of aromatic nitrogens is 4. The number of sulfone groups is 1. The van der Waals surface area contributed by atoms with E-state index in [2.05, 4.69) is 15.0 Å². The van der Waals surface area contributed by atoms with E-state index >= 15 is 0 Å². The van der Waals surface area contributed by atoms with Crippen LogP contribution in [0, 0.1) is 3.57 Å². The van der Waals surface area contributed by atoms with Crippen molar-refractivity contribution in [2.75, 3.05) is 11.5 Å². The lowest BCUT2D eigenvalue weighted by Gasteiger charge is -2.10. The van der Waals surface area contributed by atoms with Crippen molar-refractivity contribution in [2.24, 2.45) is 7.05 Å². The Labute approximate surface area is 165 Å². The van der Waals surface area contributed by atoms with Gasteiger partial charge in [0.1, 0.15) is 17.0 Å². The third-order valence-corrected chi connectivity index (χ3v) is 6.54. The van der Waals surface area contributed by atoms with Gasteiger partial charge in [0.2, 0.25) is 0 Å². The Balaban J connectivity index is 2.33. The smallest absolute Gasteiger partial charge is 0.383 e. The molecule has 3 aromatic rings. The minimum Gasteiger partial charge on any atom is -0.383 e. The second kappa shape index (κ2) is 6.58. The van der Waals surface area contributed by atoms with Gasteiger partial charge in [-0.1, -0.05) is 6.92 Å². The molecule has 0 aliphatic heterocycles. The number of nitrogen functional groups attached to an aromatic ring is 1. The Hall–Kier alpha value is -1.96. The summed E-state index contributed by atoms with van der Waals surface area (Å²) in [5.41, 5.74) is 4.99. The average Bonchev–Trinajstić information content (AvgIpc) is 2.92. The maximum absolute atomic E-state index is 12.9. The lowest BCUT2D eigenvalue weighted by Crippen LogP contribution is -2.11. The van der Waals surface area contributed by atoms with Crippen LogP contribution in [0.3, 0.4) is 0 Å². The van der Waals surface area contributed by atoms with E-state index in [9.17, 15) is 21.6 Å². The number of anilines is 1. The van der Waals surface area contributed by atoms with Crippen molar-refractivity contribution in [3.8, 4) is 11.5 Å². The van der Waals surface area contributed by atoms with Gasteiger partial charge in [0, 0.05) is 13.2 Å². The van der Waals surface area contributed by atoms with E-state index in [1.165, 1.54) is 24.6 Å². The zero-order valence-electron chi connectivity index (χ0n) is 14.0. The van der Waals surface area contributed by atoms with Gasteiger partial charge in [0.25, 0.3) is 0 Å². The van der Waals surface area contributed by atoms with E-state index in [4.69, 9.17) is 5.73 Å². The van der Waals surface area contributed by atoms with Crippen molar-refractivity contribution in [3.05, 3.63) is 27.5 Å². The van der Waals surface area contributed by atoms with Gasteiger partial charge < -0.3 is 10.3 Å². The van der Waals surface area contributed by atoms with Crippen LogP contribution in [0.5, 0.6) is 0 Å². The molecule has 0 amide bonds. The van der Waals surface area contributed by atoms with Crippen LogP contribution >= 0.6 is 22.6 Å². The summed E-state index contributed by atoms with van der Waals surface area (Å²) in [5, 5.41) is 0. The summed E-state index contributed by atoms with van der Waals surface area (Å²) in [5.74, 6) is -0.0224. The van der Waals surface area contributed by atoms with Crippen LogP contribution in [0.25, 0.3) is 22.7 Å². The molecule has 0 saturated carbocycles. The van der Waals surface area contributed by atoms with Gasteiger partial charge in [-0.15, -0.1) is 0 Å². The van der Waals surface area contributed by atoms with Crippen LogP contribution < -0.4 is 5.73 Å². The zero-order valence-corrected chi connectivity index (χ0v) is 17.0. The molecule has 144 valence electrons. The van der Waals surface area contributed by atoms with Crippen LogP contribution in [0.15, 0.2) is 23.2 Å². The van der Waals surface area contributed by atoms with E-state index in [1.54, 1.807) is 0 Å². The molecule has 0 aliphatic rings. The maximum Gasteiger partial charge on any atom is 0.417 e. The van der Waals surface area contributed by atoms with Crippen LogP contribution in [0.4, 0.5) is 19.0 Å². The fourth-order valence-corrected chi connectivity index (χ4v) is 4.17. The predicted molar refractivity (Wildman–Crippen MR) is 102 cm³/mol. The fraction of sp³-hybridized carbons (Fsp3) is 0.267.